The second kappa shape index (κ2) is 8.08. The van der Waals surface area contributed by atoms with Crippen molar-refractivity contribution in [3.63, 3.8) is 0 Å². The van der Waals surface area contributed by atoms with Crippen LogP contribution in [0, 0.1) is 13.8 Å². The van der Waals surface area contributed by atoms with Gasteiger partial charge in [0.1, 0.15) is 17.0 Å². The van der Waals surface area contributed by atoms with E-state index in [1.54, 1.807) is 0 Å². The first kappa shape index (κ1) is 22.1. The highest BCUT2D eigenvalue weighted by atomic mass is 19.4. The molecular weight excluding hydrogens is 457 g/mol. The fraction of sp³-hybridized carbons (Fsp3) is 0.400. The first-order valence-electron chi connectivity index (χ1n) is 11.6. The van der Waals surface area contributed by atoms with Crippen LogP contribution in [0.4, 0.5) is 13.2 Å². The summed E-state index contributed by atoms with van der Waals surface area (Å²) in [5.74, 6) is 0.479. The van der Waals surface area contributed by atoms with Gasteiger partial charge in [0.2, 0.25) is 0 Å². The minimum atomic E-state index is -4.41. The third-order valence-corrected chi connectivity index (χ3v) is 6.72. The molecule has 7 nitrogen and oxygen atoms in total. The van der Waals surface area contributed by atoms with Crippen LogP contribution < -0.4 is 0 Å². The van der Waals surface area contributed by atoms with Gasteiger partial charge in [-0.25, -0.2) is 19.9 Å². The lowest BCUT2D eigenvalue weighted by molar-refractivity contribution is -0.137. The average Bonchev–Trinajstić information content (AvgIpc) is 3.35. The van der Waals surface area contributed by atoms with Crippen molar-refractivity contribution in [3.05, 3.63) is 65.0 Å². The Kier molecular flexibility index (Phi) is 5.10. The predicted molar refractivity (Wildman–Crippen MR) is 122 cm³/mol. The number of aryl methyl sites for hydroxylation is 2. The molecule has 35 heavy (non-hydrogen) atoms. The molecule has 0 N–H and O–H groups in total. The highest BCUT2D eigenvalue weighted by Crippen LogP contribution is 2.40. The van der Waals surface area contributed by atoms with E-state index in [1.165, 1.54) is 12.1 Å². The zero-order valence-electron chi connectivity index (χ0n) is 19.3. The van der Waals surface area contributed by atoms with Crippen LogP contribution in [-0.4, -0.2) is 36.3 Å². The molecule has 2 fully saturated rings. The Labute approximate surface area is 199 Å². The van der Waals surface area contributed by atoms with Crippen LogP contribution in [0.3, 0.4) is 0 Å². The minimum Gasteiger partial charge on any atom is -0.373 e. The average molecular weight is 480 g/mol. The van der Waals surface area contributed by atoms with Crippen LogP contribution in [0.15, 0.2) is 36.7 Å². The number of alkyl halides is 3. The van der Waals surface area contributed by atoms with Gasteiger partial charge in [-0.3, -0.25) is 4.68 Å². The molecule has 1 saturated heterocycles. The molecule has 1 saturated carbocycles. The summed E-state index contributed by atoms with van der Waals surface area (Å²) in [5, 5.41) is 4.46. The maximum atomic E-state index is 13.1. The van der Waals surface area contributed by atoms with Crippen LogP contribution >= 0.6 is 0 Å². The summed E-state index contributed by atoms with van der Waals surface area (Å²) in [6, 6.07) is 5.46. The summed E-state index contributed by atoms with van der Waals surface area (Å²) < 4.78 is 47.4. The standard InChI is InChI=1S/C25H23F3N6O/c1-13-14(2)31-24-22(30-13)21(15-3-5-18(6-4-15)25(26,27)28)32-23(33-24)16-9-20(35-12-16)17-10-29-34(11-17)19-7-8-19/h3-6,10-11,16,19-20H,7-9,12H2,1-2H3/t16-,20-/m1/s1. The molecule has 0 spiro atoms. The lowest BCUT2D eigenvalue weighted by atomic mass is 10.0. The maximum absolute atomic E-state index is 13.1. The molecule has 0 bridgehead atoms. The third-order valence-electron chi connectivity index (χ3n) is 6.72. The first-order valence-corrected chi connectivity index (χ1v) is 11.6. The van der Waals surface area contributed by atoms with Gasteiger partial charge < -0.3 is 4.74 Å². The van der Waals surface area contributed by atoms with Gasteiger partial charge in [-0.2, -0.15) is 18.3 Å². The van der Waals surface area contributed by atoms with Crippen molar-refractivity contribution in [1.82, 2.24) is 29.7 Å². The number of hydrogen-bond acceptors (Lipinski definition) is 6. The van der Waals surface area contributed by atoms with Crippen molar-refractivity contribution < 1.29 is 17.9 Å². The van der Waals surface area contributed by atoms with E-state index in [-0.39, 0.29) is 12.0 Å². The second-order valence-corrected chi connectivity index (χ2v) is 9.31. The first-order chi connectivity index (χ1) is 16.8. The molecule has 10 heteroatoms. The summed E-state index contributed by atoms with van der Waals surface area (Å²) in [4.78, 5) is 18.7. The van der Waals surface area contributed by atoms with Crippen molar-refractivity contribution in [3.8, 4) is 11.3 Å². The number of rotatable bonds is 4. The molecule has 1 aliphatic carbocycles. The lowest BCUT2D eigenvalue weighted by Gasteiger charge is -2.13. The number of halogens is 3. The van der Waals surface area contributed by atoms with E-state index >= 15 is 0 Å². The van der Waals surface area contributed by atoms with Gasteiger partial charge in [0, 0.05) is 23.2 Å². The number of fused-ring (bicyclic) bond motifs is 1. The van der Waals surface area contributed by atoms with Crippen molar-refractivity contribution in [1.29, 1.82) is 0 Å². The van der Waals surface area contributed by atoms with Crippen molar-refractivity contribution >= 4 is 11.2 Å². The highest BCUT2D eigenvalue weighted by Gasteiger charge is 2.33. The van der Waals surface area contributed by atoms with Gasteiger partial charge in [0.15, 0.2) is 5.65 Å². The molecule has 6 rings (SSSR count). The number of hydrogen-bond donors (Lipinski definition) is 0. The monoisotopic (exact) mass is 480 g/mol. The van der Waals surface area contributed by atoms with Crippen molar-refractivity contribution in [2.24, 2.45) is 0 Å². The van der Waals surface area contributed by atoms with E-state index in [9.17, 15) is 13.2 Å². The quantitative estimate of drug-likeness (QED) is 0.384. The SMILES string of the molecule is Cc1nc2nc([C@H]3CO[C@@H](c4cnn(C5CC5)c4)C3)nc(-c3ccc(C(F)(F)F)cc3)c2nc1C. The Bertz CT molecular complexity index is 1410. The summed E-state index contributed by atoms with van der Waals surface area (Å²) >= 11 is 0. The largest absolute Gasteiger partial charge is 0.416 e. The predicted octanol–water partition coefficient (Wildman–Crippen LogP) is 5.50. The third kappa shape index (κ3) is 4.16. The molecule has 4 aromatic rings. The Morgan fingerprint density at radius 2 is 1.71 bits per heavy atom. The zero-order valence-corrected chi connectivity index (χ0v) is 19.3. The van der Waals surface area contributed by atoms with E-state index in [2.05, 4.69) is 21.3 Å². The Morgan fingerprint density at radius 3 is 2.43 bits per heavy atom. The van der Waals surface area contributed by atoms with Gasteiger partial charge in [-0.05, 0) is 45.2 Å². The van der Waals surface area contributed by atoms with E-state index < -0.39 is 11.7 Å². The van der Waals surface area contributed by atoms with Crippen LogP contribution in [-0.2, 0) is 10.9 Å². The summed E-state index contributed by atoms with van der Waals surface area (Å²) in [6.07, 6.45) is 2.41. The van der Waals surface area contributed by atoms with Gasteiger partial charge in [-0.15, -0.1) is 0 Å². The van der Waals surface area contributed by atoms with Crippen molar-refractivity contribution in [2.75, 3.05) is 6.61 Å². The number of nitrogens with zero attached hydrogens (tertiary/aromatic N) is 6. The van der Waals surface area contributed by atoms with E-state index in [0.29, 0.717) is 47.3 Å². The second-order valence-electron chi connectivity index (χ2n) is 9.31. The van der Waals surface area contributed by atoms with Crippen molar-refractivity contribution in [2.45, 2.75) is 57.3 Å². The van der Waals surface area contributed by atoms with Gasteiger partial charge in [0.05, 0.1) is 41.9 Å². The fourth-order valence-electron chi connectivity index (χ4n) is 4.43. The van der Waals surface area contributed by atoms with Gasteiger partial charge in [-0.1, -0.05) is 12.1 Å². The molecule has 180 valence electrons. The summed E-state index contributed by atoms with van der Waals surface area (Å²) in [6.45, 7) is 4.13. The Hall–Kier alpha value is -3.40. The number of benzene rings is 1. The van der Waals surface area contributed by atoms with Gasteiger partial charge >= 0.3 is 6.18 Å². The molecule has 4 heterocycles. The maximum Gasteiger partial charge on any atom is 0.416 e. The molecular formula is C25H23F3N6O. The molecule has 2 aliphatic rings. The zero-order chi connectivity index (χ0) is 24.3. The summed E-state index contributed by atoms with van der Waals surface area (Å²) in [5.41, 5.74) is 3.69. The smallest absolute Gasteiger partial charge is 0.373 e. The van der Waals surface area contributed by atoms with E-state index in [1.807, 2.05) is 24.7 Å². The normalized spacial score (nSPS) is 20.6. The highest BCUT2D eigenvalue weighted by molar-refractivity contribution is 5.87. The molecule has 0 amide bonds. The van der Waals surface area contributed by atoms with Crippen LogP contribution in [0.25, 0.3) is 22.4 Å². The molecule has 0 unspecified atom stereocenters. The molecule has 1 aromatic carbocycles. The van der Waals surface area contributed by atoms with E-state index in [4.69, 9.17) is 14.7 Å². The number of aromatic nitrogens is 6. The molecule has 2 atom stereocenters. The summed E-state index contributed by atoms with van der Waals surface area (Å²) in [7, 11) is 0. The van der Waals surface area contributed by atoms with Crippen LogP contribution in [0.5, 0.6) is 0 Å². The Morgan fingerprint density at radius 1 is 0.971 bits per heavy atom. The fourth-order valence-corrected chi connectivity index (χ4v) is 4.43. The molecule has 0 radical (unpaired) electrons. The van der Waals surface area contributed by atoms with Gasteiger partial charge in [0.25, 0.3) is 0 Å². The molecule has 3 aromatic heterocycles. The Balaban J connectivity index is 1.37. The molecule has 1 aliphatic heterocycles. The van der Waals surface area contributed by atoms with E-state index in [0.717, 1.165) is 41.9 Å². The van der Waals surface area contributed by atoms with Crippen LogP contribution in [0.2, 0.25) is 0 Å². The minimum absolute atomic E-state index is 0.0784. The lowest BCUT2D eigenvalue weighted by Crippen LogP contribution is -2.09. The van der Waals surface area contributed by atoms with Crippen LogP contribution in [0.1, 0.15) is 65.7 Å². The number of ether oxygens (including phenoxy) is 1. The topological polar surface area (TPSA) is 78.6 Å².